The molecule has 564 valence electrons. The Morgan fingerprint density at radius 3 is 0.716 bits per heavy atom. The zero-order valence-corrected chi connectivity index (χ0v) is 63.6. The first kappa shape index (κ1) is 93.1. The molecular weight excluding hydrogens is 1250 g/mol. The Hall–Kier alpha value is -1.94. The van der Waals surface area contributed by atoms with E-state index in [4.69, 9.17) is 37.0 Å². The number of esters is 4. The van der Waals surface area contributed by atoms with Crippen molar-refractivity contribution in [1.82, 2.24) is 0 Å². The van der Waals surface area contributed by atoms with Gasteiger partial charge in [-0.15, -0.1) is 0 Å². The molecule has 0 saturated heterocycles. The smallest absolute Gasteiger partial charge is 0.462 e. The average Bonchev–Trinajstić information content (AvgIpc) is 2.21. The number of aliphatic hydroxyl groups is 1. The lowest BCUT2D eigenvalue weighted by Crippen LogP contribution is -2.30. The molecule has 2 unspecified atom stereocenters. The molecular formula is C76H148O17P2. The Morgan fingerprint density at radius 2 is 0.484 bits per heavy atom. The molecule has 19 heteroatoms. The van der Waals surface area contributed by atoms with Crippen molar-refractivity contribution < 1.29 is 80.2 Å². The number of unbranched alkanes of at least 4 members (excludes halogenated alkanes) is 48. The highest BCUT2D eigenvalue weighted by Gasteiger charge is 2.30. The summed E-state index contributed by atoms with van der Waals surface area (Å²) in [7, 11) is -9.91. The molecule has 17 nitrogen and oxygen atoms in total. The summed E-state index contributed by atoms with van der Waals surface area (Å²) in [5.74, 6) is -1.40. The number of carbonyl (C=O) groups excluding carboxylic acids is 4. The first-order chi connectivity index (χ1) is 46.0. The maximum Gasteiger partial charge on any atom is 0.472 e. The first-order valence-corrected chi connectivity index (χ1v) is 42.6. The molecule has 0 heterocycles. The molecule has 3 N–H and O–H groups in total. The second-order valence-corrected chi connectivity index (χ2v) is 30.8. The van der Waals surface area contributed by atoms with Gasteiger partial charge in [-0.25, -0.2) is 9.13 Å². The van der Waals surface area contributed by atoms with E-state index in [1.807, 2.05) is 0 Å². The molecule has 0 rings (SSSR count). The van der Waals surface area contributed by atoms with Gasteiger partial charge in [-0.05, 0) is 31.6 Å². The molecule has 0 saturated carbocycles. The Balaban J connectivity index is 5.21. The topological polar surface area (TPSA) is 237 Å². The van der Waals surface area contributed by atoms with E-state index in [-0.39, 0.29) is 25.7 Å². The summed E-state index contributed by atoms with van der Waals surface area (Å²) in [5.41, 5.74) is 0. The van der Waals surface area contributed by atoms with E-state index in [1.165, 1.54) is 225 Å². The molecule has 0 spiro atoms. The molecule has 0 fully saturated rings. The SMILES string of the molecule is CCCCCCCCCCCCCCCCCCCCCCC(=O)O[C@H](COC(=O)CCCCCCCCCCCCCCC)COP(=O)(O)OC[C@@H](O)COP(=O)(O)OC[C@@H](COC(=O)CCCCCCCCCCCCC)OC(=O)CCCCCCCCCCC(C)C. The Kier molecular flexibility index (Phi) is 67.7. The van der Waals surface area contributed by atoms with Gasteiger partial charge in [-0.1, -0.05) is 349 Å². The Morgan fingerprint density at radius 1 is 0.284 bits per heavy atom. The van der Waals surface area contributed by atoms with E-state index < -0.39 is 97.5 Å². The predicted molar refractivity (Wildman–Crippen MR) is 386 cm³/mol. The molecule has 0 aliphatic heterocycles. The molecule has 0 aromatic carbocycles. The van der Waals surface area contributed by atoms with Gasteiger partial charge >= 0.3 is 39.5 Å². The highest BCUT2D eigenvalue weighted by atomic mass is 31.2. The van der Waals surface area contributed by atoms with E-state index in [9.17, 15) is 43.2 Å². The minimum atomic E-state index is -4.96. The fraction of sp³-hybridized carbons (Fsp3) is 0.947. The predicted octanol–water partition coefficient (Wildman–Crippen LogP) is 22.5. The average molecular weight is 1400 g/mol. The molecule has 5 atom stereocenters. The van der Waals surface area contributed by atoms with Crippen LogP contribution in [0.5, 0.6) is 0 Å². The lowest BCUT2D eigenvalue weighted by Gasteiger charge is -2.21. The number of hydrogen-bond acceptors (Lipinski definition) is 15. The largest absolute Gasteiger partial charge is 0.472 e. The Bertz CT molecular complexity index is 1820. The van der Waals surface area contributed by atoms with Crippen LogP contribution in [-0.4, -0.2) is 96.7 Å². The van der Waals surface area contributed by atoms with E-state index in [0.29, 0.717) is 25.7 Å². The highest BCUT2D eigenvalue weighted by molar-refractivity contribution is 7.47. The van der Waals surface area contributed by atoms with Crippen molar-refractivity contribution in [3.05, 3.63) is 0 Å². The third-order valence-corrected chi connectivity index (χ3v) is 19.7. The summed E-state index contributed by atoms with van der Waals surface area (Å²) in [5, 5.41) is 10.6. The van der Waals surface area contributed by atoms with Crippen molar-refractivity contribution in [2.45, 2.75) is 419 Å². The standard InChI is InChI=1S/C76H148O17P2/c1-6-9-12-15-18-21-24-26-27-28-29-30-31-32-34-37-40-46-51-56-61-75(80)92-71(65-87-74(79)60-55-50-45-39-36-33-25-22-19-16-13-10-7-2)67-90-94(82,83)88-63-70(77)64-89-95(84,85)91-68-72(93-76(81)62-57-52-47-42-41-43-48-53-58-69(4)5)66-86-73(78)59-54-49-44-38-35-23-20-17-14-11-8-3/h69-72,77H,6-68H2,1-5H3,(H,82,83)(H,84,85)/t70-,71-,72-/m1/s1. The molecule has 0 amide bonds. The molecule has 0 aromatic rings. The van der Waals surface area contributed by atoms with Crippen LogP contribution in [0.15, 0.2) is 0 Å². The minimum absolute atomic E-state index is 0.105. The van der Waals surface area contributed by atoms with E-state index >= 15 is 0 Å². The van der Waals surface area contributed by atoms with Crippen LogP contribution in [0.1, 0.15) is 401 Å². The second-order valence-electron chi connectivity index (χ2n) is 27.9. The first-order valence-electron chi connectivity index (χ1n) is 39.6. The van der Waals surface area contributed by atoms with Crippen LogP contribution in [0, 0.1) is 5.92 Å². The quantitative estimate of drug-likeness (QED) is 0.0222. The number of hydrogen-bond donors (Lipinski definition) is 3. The van der Waals surface area contributed by atoms with Crippen LogP contribution < -0.4 is 0 Å². The van der Waals surface area contributed by atoms with E-state index in [0.717, 1.165) is 95.8 Å². The van der Waals surface area contributed by atoms with E-state index in [1.54, 1.807) is 0 Å². The third-order valence-electron chi connectivity index (χ3n) is 17.8. The number of carbonyl (C=O) groups is 4. The van der Waals surface area contributed by atoms with Crippen molar-refractivity contribution in [3.63, 3.8) is 0 Å². The maximum absolute atomic E-state index is 13.1. The number of ether oxygens (including phenoxy) is 4. The fourth-order valence-electron chi connectivity index (χ4n) is 11.7. The monoisotopic (exact) mass is 1400 g/mol. The number of phosphoric acid groups is 2. The van der Waals surface area contributed by atoms with E-state index in [2.05, 4.69) is 34.6 Å². The Labute approximate surface area is 581 Å². The van der Waals surface area contributed by atoms with Gasteiger partial charge in [0, 0.05) is 25.7 Å². The molecule has 0 aliphatic rings. The highest BCUT2D eigenvalue weighted by Crippen LogP contribution is 2.45. The van der Waals surface area contributed by atoms with Gasteiger partial charge in [-0.3, -0.25) is 37.3 Å². The molecule has 0 bridgehead atoms. The van der Waals surface area contributed by atoms with Gasteiger partial charge in [0.25, 0.3) is 0 Å². The number of aliphatic hydroxyl groups excluding tert-OH is 1. The van der Waals surface area contributed by atoms with Gasteiger partial charge in [0.15, 0.2) is 12.2 Å². The van der Waals surface area contributed by atoms with Gasteiger partial charge in [0.2, 0.25) is 0 Å². The van der Waals surface area contributed by atoms with Crippen molar-refractivity contribution >= 4 is 39.5 Å². The lowest BCUT2D eigenvalue weighted by atomic mass is 10.0. The van der Waals surface area contributed by atoms with Crippen molar-refractivity contribution in [1.29, 1.82) is 0 Å². The third kappa shape index (κ3) is 70.3. The van der Waals surface area contributed by atoms with Crippen LogP contribution >= 0.6 is 15.6 Å². The molecule has 95 heavy (non-hydrogen) atoms. The normalized spacial score (nSPS) is 13.9. The van der Waals surface area contributed by atoms with Crippen molar-refractivity contribution in [3.8, 4) is 0 Å². The van der Waals surface area contributed by atoms with Gasteiger partial charge in [-0.2, -0.15) is 0 Å². The van der Waals surface area contributed by atoms with Crippen LogP contribution in [0.4, 0.5) is 0 Å². The summed E-state index contributed by atoms with van der Waals surface area (Å²) < 4.78 is 68.5. The van der Waals surface area contributed by atoms with Crippen LogP contribution in [0.3, 0.4) is 0 Å². The van der Waals surface area contributed by atoms with Crippen molar-refractivity contribution in [2.75, 3.05) is 39.6 Å². The second kappa shape index (κ2) is 69.2. The minimum Gasteiger partial charge on any atom is -0.462 e. The summed E-state index contributed by atoms with van der Waals surface area (Å²) in [6.07, 6.45) is 58.3. The lowest BCUT2D eigenvalue weighted by molar-refractivity contribution is -0.161. The molecule has 0 aliphatic carbocycles. The number of phosphoric ester groups is 2. The van der Waals surface area contributed by atoms with Crippen LogP contribution in [0.25, 0.3) is 0 Å². The summed E-state index contributed by atoms with van der Waals surface area (Å²) >= 11 is 0. The van der Waals surface area contributed by atoms with Gasteiger partial charge in [0.05, 0.1) is 26.4 Å². The maximum atomic E-state index is 13.1. The van der Waals surface area contributed by atoms with Crippen LogP contribution in [0.2, 0.25) is 0 Å². The number of rotatable bonds is 76. The van der Waals surface area contributed by atoms with Gasteiger partial charge < -0.3 is 33.8 Å². The van der Waals surface area contributed by atoms with Crippen LogP contribution in [-0.2, 0) is 65.4 Å². The van der Waals surface area contributed by atoms with Crippen molar-refractivity contribution in [2.24, 2.45) is 5.92 Å². The fourth-order valence-corrected chi connectivity index (χ4v) is 13.3. The summed E-state index contributed by atoms with van der Waals surface area (Å²) in [4.78, 5) is 72.8. The zero-order valence-electron chi connectivity index (χ0n) is 61.8. The van der Waals surface area contributed by atoms with Gasteiger partial charge in [0.1, 0.15) is 19.3 Å². The molecule has 0 aromatic heterocycles. The zero-order chi connectivity index (χ0) is 69.8. The molecule has 0 radical (unpaired) electrons. The summed E-state index contributed by atoms with van der Waals surface area (Å²) in [6.45, 7) is 7.25. The summed E-state index contributed by atoms with van der Waals surface area (Å²) in [6, 6.07) is 0.